The zero-order valence-corrected chi connectivity index (χ0v) is 18.4. The minimum Gasteiger partial charge on any atom is -0.493 e. The van der Waals surface area contributed by atoms with Gasteiger partial charge < -0.3 is 14.5 Å². The SMILES string of the molecule is COc1cc2nc(CSc3cc(C)c4cc(C)cc(C)c4n3)[nH]c(=O)c2cc1OC. The van der Waals surface area contributed by atoms with E-state index in [4.69, 9.17) is 14.5 Å². The van der Waals surface area contributed by atoms with Crippen molar-refractivity contribution in [1.82, 2.24) is 15.0 Å². The van der Waals surface area contributed by atoms with Crippen LogP contribution in [0.25, 0.3) is 21.8 Å². The molecule has 0 aliphatic heterocycles. The highest BCUT2D eigenvalue weighted by Gasteiger charge is 2.12. The molecule has 6 nitrogen and oxygen atoms in total. The number of hydrogen-bond donors (Lipinski definition) is 1. The van der Waals surface area contributed by atoms with Crippen LogP contribution in [0.15, 0.2) is 40.2 Å². The number of benzene rings is 2. The highest BCUT2D eigenvalue weighted by molar-refractivity contribution is 7.98. The van der Waals surface area contributed by atoms with E-state index in [1.807, 2.05) is 0 Å². The van der Waals surface area contributed by atoms with E-state index in [-0.39, 0.29) is 5.56 Å². The zero-order chi connectivity index (χ0) is 21.4. The third-order valence-electron chi connectivity index (χ3n) is 5.05. The van der Waals surface area contributed by atoms with E-state index in [1.165, 1.54) is 23.6 Å². The monoisotopic (exact) mass is 421 g/mol. The average molecular weight is 422 g/mol. The lowest BCUT2D eigenvalue weighted by Crippen LogP contribution is -2.11. The Kier molecular flexibility index (Phi) is 5.39. The number of hydrogen-bond acceptors (Lipinski definition) is 6. The van der Waals surface area contributed by atoms with Crippen molar-refractivity contribution in [2.45, 2.75) is 31.6 Å². The molecule has 7 heteroatoms. The van der Waals surface area contributed by atoms with Gasteiger partial charge >= 0.3 is 0 Å². The number of aromatic amines is 1. The predicted molar refractivity (Wildman–Crippen MR) is 121 cm³/mol. The first-order chi connectivity index (χ1) is 14.4. The summed E-state index contributed by atoms with van der Waals surface area (Å²) in [5.41, 5.74) is 4.96. The molecule has 0 fully saturated rings. The quantitative estimate of drug-likeness (QED) is 0.471. The predicted octanol–water partition coefficient (Wildman–Crippen LogP) is 4.71. The van der Waals surface area contributed by atoms with Gasteiger partial charge in [-0.05, 0) is 50.1 Å². The fourth-order valence-electron chi connectivity index (χ4n) is 3.61. The molecule has 0 atom stereocenters. The summed E-state index contributed by atoms with van der Waals surface area (Å²) in [6.45, 7) is 6.28. The Hall–Kier alpha value is -3.06. The fourth-order valence-corrected chi connectivity index (χ4v) is 4.45. The Morgan fingerprint density at radius 1 is 0.900 bits per heavy atom. The molecule has 0 aliphatic rings. The minimum atomic E-state index is -0.203. The smallest absolute Gasteiger partial charge is 0.258 e. The summed E-state index contributed by atoms with van der Waals surface area (Å²) >= 11 is 1.55. The largest absolute Gasteiger partial charge is 0.493 e. The lowest BCUT2D eigenvalue weighted by Gasteiger charge is -2.10. The summed E-state index contributed by atoms with van der Waals surface area (Å²) in [5.74, 6) is 2.13. The molecular weight excluding hydrogens is 398 g/mol. The van der Waals surface area contributed by atoms with Gasteiger partial charge in [-0.15, -0.1) is 0 Å². The van der Waals surface area contributed by atoms with Gasteiger partial charge in [0.2, 0.25) is 0 Å². The van der Waals surface area contributed by atoms with Crippen LogP contribution >= 0.6 is 11.8 Å². The summed E-state index contributed by atoms with van der Waals surface area (Å²) in [6, 6.07) is 9.77. The lowest BCUT2D eigenvalue weighted by molar-refractivity contribution is 0.355. The van der Waals surface area contributed by atoms with E-state index in [1.54, 1.807) is 31.0 Å². The molecule has 4 aromatic rings. The molecular formula is C23H23N3O3S. The second-order valence-electron chi connectivity index (χ2n) is 7.28. The second kappa shape index (κ2) is 7.99. The maximum Gasteiger partial charge on any atom is 0.258 e. The van der Waals surface area contributed by atoms with Gasteiger partial charge in [0.05, 0.1) is 41.4 Å². The highest BCUT2D eigenvalue weighted by atomic mass is 32.2. The summed E-state index contributed by atoms with van der Waals surface area (Å²) in [6.07, 6.45) is 0. The fraction of sp³-hybridized carbons (Fsp3) is 0.261. The molecule has 0 radical (unpaired) electrons. The molecule has 2 aromatic heterocycles. The third kappa shape index (κ3) is 3.73. The van der Waals surface area contributed by atoms with E-state index in [0.717, 1.165) is 16.1 Å². The van der Waals surface area contributed by atoms with Crippen molar-refractivity contribution in [3.63, 3.8) is 0 Å². The van der Waals surface area contributed by atoms with Crippen LogP contribution in [0.1, 0.15) is 22.5 Å². The van der Waals surface area contributed by atoms with Crippen molar-refractivity contribution in [2.75, 3.05) is 14.2 Å². The van der Waals surface area contributed by atoms with Crippen LogP contribution in [0.5, 0.6) is 11.5 Å². The first-order valence-corrected chi connectivity index (χ1v) is 10.5. The molecule has 30 heavy (non-hydrogen) atoms. The number of nitrogens with one attached hydrogen (secondary N) is 1. The Balaban J connectivity index is 1.67. The molecule has 0 unspecified atom stereocenters. The molecule has 1 N–H and O–H groups in total. The van der Waals surface area contributed by atoms with Crippen molar-refractivity contribution < 1.29 is 9.47 Å². The number of rotatable bonds is 5. The Bertz CT molecular complexity index is 1330. The Morgan fingerprint density at radius 2 is 1.63 bits per heavy atom. The second-order valence-corrected chi connectivity index (χ2v) is 8.28. The van der Waals surface area contributed by atoms with Crippen LogP contribution in [0.2, 0.25) is 0 Å². The standard InChI is InChI=1S/C23H23N3O3S/c1-12-6-14(3)22-15(7-12)13(2)8-21(26-22)30-11-20-24-17-10-19(29-5)18(28-4)9-16(17)23(27)25-20/h6-10H,11H2,1-5H3,(H,24,25,27). The number of nitrogens with zero attached hydrogens (tertiary/aromatic N) is 2. The maximum atomic E-state index is 12.6. The molecule has 2 aromatic carbocycles. The van der Waals surface area contributed by atoms with Crippen molar-refractivity contribution in [2.24, 2.45) is 0 Å². The van der Waals surface area contributed by atoms with Crippen LogP contribution in [0.4, 0.5) is 0 Å². The van der Waals surface area contributed by atoms with Gasteiger partial charge in [0, 0.05) is 11.5 Å². The number of aryl methyl sites for hydroxylation is 3. The summed E-state index contributed by atoms with van der Waals surface area (Å²) in [5, 5.41) is 2.55. The summed E-state index contributed by atoms with van der Waals surface area (Å²) < 4.78 is 10.6. The number of aromatic nitrogens is 3. The van der Waals surface area contributed by atoms with Crippen LogP contribution in [0, 0.1) is 20.8 Å². The average Bonchev–Trinajstić information content (AvgIpc) is 2.72. The molecule has 0 saturated heterocycles. The van der Waals surface area contributed by atoms with Gasteiger partial charge in [0.15, 0.2) is 11.5 Å². The van der Waals surface area contributed by atoms with Gasteiger partial charge in [-0.3, -0.25) is 4.79 Å². The van der Waals surface area contributed by atoms with Crippen LogP contribution in [-0.4, -0.2) is 29.2 Å². The maximum absolute atomic E-state index is 12.6. The van der Waals surface area contributed by atoms with Crippen molar-refractivity contribution in [1.29, 1.82) is 0 Å². The minimum absolute atomic E-state index is 0.203. The molecule has 154 valence electrons. The Labute approximate surface area is 178 Å². The molecule has 0 saturated carbocycles. The van der Waals surface area contributed by atoms with E-state index in [0.29, 0.717) is 34.0 Å². The van der Waals surface area contributed by atoms with E-state index < -0.39 is 0 Å². The van der Waals surface area contributed by atoms with Crippen molar-refractivity contribution in [3.8, 4) is 11.5 Å². The van der Waals surface area contributed by atoms with Crippen molar-refractivity contribution in [3.05, 3.63) is 63.2 Å². The van der Waals surface area contributed by atoms with E-state index >= 15 is 0 Å². The molecule has 0 bridgehead atoms. The number of H-pyrrole nitrogens is 1. The lowest BCUT2D eigenvalue weighted by atomic mass is 10.0. The first kappa shape index (κ1) is 20.2. The van der Waals surface area contributed by atoms with Gasteiger partial charge in [-0.2, -0.15) is 0 Å². The Morgan fingerprint density at radius 3 is 2.37 bits per heavy atom. The number of thioether (sulfide) groups is 1. The van der Waals surface area contributed by atoms with Crippen LogP contribution in [0.3, 0.4) is 0 Å². The van der Waals surface area contributed by atoms with Gasteiger partial charge in [-0.25, -0.2) is 9.97 Å². The zero-order valence-electron chi connectivity index (χ0n) is 17.6. The van der Waals surface area contributed by atoms with Gasteiger partial charge in [0.1, 0.15) is 5.82 Å². The molecule has 0 aliphatic carbocycles. The topological polar surface area (TPSA) is 77.1 Å². The molecule has 0 spiro atoms. The summed E-state index contributed by atoms with van der Waals surface area (Å²) in [7, 11) is 3.10. The van der Waals surface area contributed by atoms with E-state index in [9.17, 15) is 4.79 Å². The molecule has 4 rings (SSSR count). The van der Waals surface area contributed by atoms with E-state index in [2.05, 4.69) is 48.9 Å². The van der Waals surface area contributed by atoms with Gasteiger partial charge in [-0.1, -0.05) is 23.4 Å². The first-order valence-electron chi connectivity index (χ1n) is 9.56. The number of methoxy groups -OCH3 is 2. The number of pyridine rings is 1. The number of fused-ring (bicyclic) bond motifs is 2. The molecule has 2 heterocycles. The third-order valence-corrected chi connectivity index (χ3v) is 5.97. The number of ether oxygens (including phenoxy) is 2. The van der Waals surface area contributed by atoms with Crippen molar-refractivity contribution >= 4 is 33.6 Å². The highest BCUT2D eigenvalue weighted by Crippen LogP contribution is 2.31. The van der Waals surface area contributed by atoms with Gasteiger partial charge in [0.25, 0.3) is 5.56 Å². The summed E-state index contributed by atoms with van der Waals surface area (Å²) in [4.78, 5) is 24.9. The normalized spacial score (nSPS) is 11.2. The van der Waals surface area contributed by atoms with Crippen LogP contribution in [-0.2, 0) is 5.75 Å². The molecule has 0 amide bonds. The van der Waals surface area contributed by atoms with Crippen LogP contribution < -0.4 is 15.0 Å².